The van der Waals surface area contributed by atoms with Gasteiger partial charge < -0.3 is 5.32 Å². The predicted octanol–water partition coefficient (Wildman–Crippen LogP) is 4.44. The van der Waals surface area contributed by atoms with E-state index >= 15 is 0 Å². The summed E-state index contributed by atoms with van der Waals surface area (Å²) in [7, 11) is -4.20. The number of nitrogens with one attached hydrogen (secondary N) is 1. The molecule has 0 aromatic heterocycles. The summed E-state index contributed by atoms with van der Waals surface area (Å²) in [5.74, 6) is 0. The van der Waals surface area contributed by atoms with Crippen molar-refractivity contribution < 1.29 is 13.0 Å². The molecule has 6 nitrogen and oxygen atoms in total. The second-order valence-electron chi connectivity index (χ2n) is 5.21. The summed E-state index contributed by atoms with van der Waals surface area (Å²) in [5, 5.41) is 11.4. The van der Waals surface area contributed by atoms with Crippen LogP contribution in [0, 0.1) is 0 Å². The Morgan fingerprint density at radius 2 is 1.15 bits per heavy atom. The van der Waals surface area contributed by atoms with Gasteiger partial charge in [0.25, 0.3) is 10.1 Å². The molecule has 0 bridgehead atoms. The van der Waals surface area contributed by atoms with Crippen LogP contribution in [0.3, 0.4) is 0 Å². The van der Waals surface area contributed by atoms with Crippen LogP contribution in [0.1, 0.15) is 0 Å². The Labute approximate surface area is 174 Å². The van der Waals surface area contributed by atoms with E-state index in [2.05, 4.69) is 15.5 Å². The molecular weight excluding hydrogens is 361 g/mol. The van der Waals surface area contributed by atoms with E-state index in [-0.39, 0.29) is 34.5 Å². The van der Waals surface area contributed by atoms with Crippen LogP contribution >= 0.6 is 0 Å². The molecule has 0 saturated heterocycles. The van der Waals surface area contributed by atoms with Crippen molar-refractivity contribution in [3.8, 4) is 0 Å². The molecule has 0 radical (unpaired) electrons. The third kappa shape index (κ3) is 5.76. The standard InChI is InChI=1S/C18H15N3O3S.Na.H/c22-25(23,24)18-12-10-17(11-13-18)21-20-16-8-6-15(7-9-16)19-14-4-2-1-3-5-14;;/h1-13,19H,(H,22,23,24);;. The van der Waals surface area contributed by atoms with Crippen LogP contribution in [0.4, 0.5) is 22.7 Å². The normalized spacial score (nSPS) is 11.1. The second kappa shape index (κ2) is 9.07. The maximum absolute atomic E-state index is 11.0. The van der Waals surface area contributed by atoms with Gasteiger partial charge in [0.05, 0.1) is 16.3 Å². The molecule has 8 heteroatoms. The van der Waals surface area contributed by atoms with E-state index < -0.39 is 10.1 Å². The molecule has 2 N–H and O–H groups in total. The number of hydrogen-bond acceptors (Lipinski definition) is 5. The Kier molecular flexibility index (Phi) is 7.07. The Balaban J connectivity index is 0.00000243. The molecule has 0 saturated carbocycles. The maximum atomic E-state index is 11.0. The Morgan fingerprint density at radius 3 is 1.65 bits per heavy atom. The van der Waals surface area contributed by atoms with Gasteiger partial charge >= 0.3 is 29.6 Å². The summed E-state index contributed by atoms with van der Waals surface area (Å²) < 4.78 is 30.9. The molecule has 3 aromatic rings. The first-order valence-electron chi connectivity index (χ1n) is 7.42. The van der Waals surface area contributed by atoms with Crippen LogP contribution in [0.25, 0.3) is 0 Å². The minimum atomic E-state index is -4.20. The molecule has 0 aliphatic heterocycles. The van der Waals surface area contributed by atoms with Crippen molar-refractivity contribution in [3.63, 3.8) is 0 Å². The number of anilines is 2. The average molecular weight is 377 g/mol. The quantitative estimate of drug-likeness (QED) is 0.391. The van der Waals surface area contributed by atoms with E-state index in [4.69, 9.17) is 4.55 Å². The summed E-state index contributed by atoms with van der Waals surface area (Å²) in [6.45, 7) is 0. The molecule has 128 valence electrons. The Hall–Kier alpha value is -2.03. The minimum absolute atomic E-state index is 0. The van der Waals surface area contributed by atoms with Crippen LogP contribution < -0.4 is 5.32 Å². The van der Waals surface area contributed by atoms with Gasteiger partial charge in [-0.15, -0.1) is 0 Å². The fourth-order valence-electron chi connectivity index (χ4n) is 2.10. The van der Waals surface area contributed by atoms with E-state index in [0.29, 0.717) is 11.4 Å². The predicted molar refractivity (Wildman–Crippen MR) is 104 cm³/mol. The fraction of sp³-hybridized carbons (Fsp3) is 0. The number of azo groups is 1. The van der Waals surface area contributed by atoms with Gasteiger partial charge in [-0.05, 0) is 60.7 Å². The zero-order valence-corrected chi connectivity index (χ0v) is 13.9. The summed E-state index contributed by atoms with van der Waals surface area (Å²) in [6, 6.07) is 22.7. The summed E-state index contributed by atoms with van der Waals surface area (Å²) in [4.78, 5) is -0.178. The van der Waals surface area contributed by atoms with Crippen LogP contribution in [-0.2, 0) is 10.1 Å². The first-order valence-corrected chi connectivity index (χ1v) is 8.86. The fourth-order valence-corrected chi connectivity index (χ4v) is 2.58. The van der Waals surface area contributed by atoms with Gasteiger partial charge in [-0.3, -0.25) is 4.55 Å². The van der Waals surface area contributed by atoms with Crippen molar-refractivity contribution in [2.45, 2.75) is 4.90 Å². The van der Waals surface area contributed by atoms with Gasteiger partial charge in [0, 0.05) is 11.4 Å². The number of rotatable bonds is 5. The number of para-hydroxylation sites is 1. The molecule has 3 aromatic carbocycles. The van der Waals surface area contributed by atoms with Crippen LogP contribution in [0.5, 0.6) is 0 Å². The van der Waals surface area contributed by atoms with Gasteiger partial charge in [-0.25, -0.2) is 0 Å². The topological polar surface area (TPSA) is 91.1 Å². The average Bonchev–Trinajstić information content (AvgIpc) is 2.62. The molecule has 0 atom stereocenters. The molecule has 0 unspecified atom stereocenters. The van der Waals surface area contributed by atoms with Crippen molar-refractivity contribution in [3.05, 3.63) is 78.9 Å². The third-order valence-corrected chi connectivity index (χ3v) is 4.21. The summed E-state index contributed by atoms with van der Waals surface area (Å²) in [5.41, 5.74) is 3.08. The SMILES string of the molecule is O=S(=O)(O)c1ccc(N=Nc2ccc(Nc3ccccc3)cc2)cc1.[NaH]. The zero-order valence-electron chi connectivity index (χ0n) is 13.1. The number of hydrogen-bond donors (Lipinski definition) is 2. The van der Waals surface area contributed by atoms with E-state index in [1.54, 1.807) is 0 Å². The van der Waals surface area contributed by atoms with Crippen LogP contribution in [0.2, 0.25) is 0 Å². The monoisotopic (exact) mass is 377 g/mol. The molecule has 0 fully saturated rings. The molecular formula is C18H16N3NaO3S. The molecule has 26 heavy (non-hydrogen) atoms. The van der Waals surface area contributed by atoms with E-state index in [1.165, 1.54) is 24.3 Å². The van der Waals surface area contributed by atoms with Gasteiger partial charge in [-0.2, -0.15) is 18.6 Å². The van der Waals surface area contributed by atoms with Gasteiger partial charge in [0.1, 0.15) is 0 Å². The molecule has 0 spiro atoms. The molecule has 0 aliphatic carbocycles. The van der Waals surface area contributed by atoms with Crippen molar-refractivity contribution >= 4 is 62.4 Å². The first kappa shape index (κ1) is 20.3. The Morgan fingerprint density at radius 1 is 0.692 bits per heavy atom. The third-order valence-electron chi connectivity index (χ3n) is 3.35. The summed E-state index contributed by atoms with van der Waals surface area (Å²) >= 11 is 0. The van der Waals surface area contributed by atoms with Crippen LogP contribution in [-0.4, -0.2) is 42.5 Å². The summed E-state index contributed by atoms with van der Waals surface area (Å²) in [6.07, 6.45) is 0. The molecule has 3 rings (SSSR count). The van der Waals surface area contributed by atoms with E-state index in [1.807, 2.05) is 54.6 Å². The van der Waals surface area contributed by atoms with Crippen LogP contribution in [0.15, 0.2) is 94.0 Å². The number of benzene rings is 3. The molecule has 0 aliphatic rings. The molecule has 0 amide bonds. The first-order chi connectivity index (χ1) is 12.0. The van der Waals surface area contributed by atoms with Gasteiger partial charge in [0.2, 0.25) is 0 Å². The Bertz CT molecular complexity index is 974. The van der Waals surface area contributed by atoms with Crippen molar-refractivity contribution in [2.75, 3.05) is 5.32 Å². The van der Waals surface area contributed by atoms with E-state index in [0.717, 1.165) is 11.4 Å². The van der Waals surface area contributed by atoms with Crippen molar-refractivity contribution in [1.82, 2.24) is 0 Å². The zero-order chi connectivity index (χ0) is 17.7. The van der Waals surface area contributed by atoms with Crippen molar-refractivity contribution in [1.29, 1.82) is 0 Å². The second-order valence-corrected chi connectivity index (χ2v) is 6.63. The molecule has 0 heterocycles. The van der Waals surface area contributed by atoms with E-state index in [9.17, 15) is 8.42 Å². The number of nitrogens with zero attached hydrogens (tertiary/aromatic N) is 2. The van der Waals surface area contributed by atoms with Gasteiger partial charge in [0.15, 0.2) is 0 Å². The van der Waals surface area contributed by atoms with Crippen molar-refractivity contribution in [2.24, 2.45) is 10.2 Å². The van der Waals surface area contributed by atoms with Gasteiger partial charge in [-0.1, -0.05) is 18.2 Å².